The summed E-state index contributed by atoms with van der Waals surface area (Å²) in [5.41, 5.74) is 1.97. The maximum absolute atomic E-state index is 6.08. The van der Waals surface area contributed by atoms with E-state index in [2.05, 4.69) is 9.55 Å². The van der Waals surface area contributed by atoms with Crippen LogP contribution >= 0.6 is 23.2 Å². The maximum Gasteiger partial charge on any atom is 0.124 e. The molecule has 1 heterocycles. The Kier molecular flexibility index (Phi) is 4.49. The average molecular weight is 313 g/mol. The second-order valence-corrected chi connectivity index (χ2v) is 5.93. The van der Waals surface area contributed by atoms with Gasteiger partial charge >= 0.3 is 0 Å². The highest BCUT2D eigenvalue weighted by Crippen LogP contribution is 2.23. The standard InChI is InChI=1S/C15H18Cl2N2O/c16-10-15-18-13-6-5-11(17)9-14(13)19(15)7-8-20-12-3-1-2-4-12/h5-6,9,12H,1-4,7-8,10H2. The molecule has 1 aromatic heterocycles. The molecule has 2 aromatic rings. The smallest absolute Gasteiger partial charge is 0.124 e. The molecule has 0 radical (unpaired) electrons. The summed E-state index contributed by atoms with van der Waals surface area (Å²) in [5, 5.41) is 0.719. The van der Waals surface area contributed by atoms with Crippen molar-refractivity contribution in [2.75, 3.05) is 6.61 Å². The molecule has 0 unspecified atom stereocenters. The molecule has 0 spiro atoms. The molecule has 1 aliphatic rings. The molecule has 0 bridgehead atoms. The fraction of sp³-hybridized carbons (Fsp3) is 0.533. The van der Waals surface area contributed by atoms with Crippen LogP contribution in [0.1, 0.15) is 31.5 Å². The van der Waals surface area contributed by atoms with Gasteiger partial charge in [0.15, 0.2) is 0 Å². The number of rotatable bonds is 5. The number of benzene rings is 1. The van der Waals surface area contributed by atoms with Crippen molar-refractivity contribution < 1.29 is 4.74 Å². The van der Waals surface area contributed by atoms with Gasteiger partial charge < -0.3 is 9.30 Å². The van der Waals surface area contributed by atoms with Gasteiger partial charge in [-0.15, -0.1) is 11.6 Å². The SMILES string of the molecule is ClCc1nc2ccc(Cl)cc2n1CCOC1CCCC1. The normalized spacial score (nSPS) is 16.3. The summed E-state index contributed by atoms with van der Waals surface area (Å²) in [5.74, 6) is 1.27. The summed E-state index contributed by atoms with van der Waals surface area (Å²) in [6, 6.07) is 5.73. The van der Waals surface area contributed by atoms with Crippen LogP contribution in [0.2, 0.25) is 5.02 Å². The van der Waals surface area contributed by atoms with Crippen molar-refractivity contribution in [3.8, 4) is 0 Å². The molecule has 0 saturated heterocycles. The zero-order chi connectivity index (χ0) is 13.9. The van der Waals surface area contributed by atoms with Crippen LogP contribution in [0, 0.1) is 0 Å². The first-order chi connectivity index (χ1) is 9.78. The number of nitrogens with zero attached hydrogens (tertiary/aromatic N) is 2. The Balaban J connectivity index is 1.76. The number of ether oxygens (including phenoxy) is 1. The summed E-state index contributed by atoms with van der Waals surface area (Å²) < 4.78 is 8.04. The number of aromatic nitrogens is 2. The summed E-state index contributed by atoms with van der Waals surface area (Å²) in [4.78, 5) is 4.54. The summed E-state index contributed by atoms with van der Waals surface area (Å²) >= 11 is 12.1. The number of hydrogen-bond acceptors (Lipinski definition) is 2. The molecule has 108 valence electrons. The lowest BCUT2D eigenvalue weighted by molar-refractivity contribution is 0.0532. The number of imidazole rings is 1. The first-order valence-corrected chi connectivity index (χ1v) is 8.01. The van der Waals surface area contributed by atoms with E-state index < -0.39 is 0 Å². The van der Waals surface area contributed by atoms with Gasteiger partial charge in [0.1, 0.15) is 5.82 Å². The van der Waals surface area contributed by atoms with Crippen LogP contribution in [-0.4, -0.2) is 22.3 Å². The van der Waals surface area contributed by atoms with E-state index in [9.17, 15) is 0 Å². The minimum Gasteiger partial charge on any atom is -0.376 e. The predicted octanol–water partition coefficient (Wildman–Crippen LogP) is 4.39. The van der Waals surface area contributed by atoms with Crippen LogP contribution in [0.15, 0.2) is 18.2 Å². The molecule has 3 rings (SSSR count). The number of alkyl halides is 1. The van der Waals surface area contributed by atoms with Crippen molar-refractivity contribution in [2.24, 2.45) is 0 Å². The van der Waals surface area contributed by atoms with E-state index in [1.807, 2.05) is 18.2 Å². The molecule has 3 nitrogen and oxygen atoms in total. The summed E-state index contributed by atoms with van der Waals surface area (Å²) in [6.45, 7) is 1.47. The van der Waals surface area contributed by atoms with Crippen molar-refractivity contribution in [2.45, 2.75) is 44.2 Å². The Bertz CT molecular complexity index is 591. The number of halogens is 2. The third kappa shape index (κ3) is 2.95. The van der Waals surface area contributed by atoms with Gasteiger partial charge in [-0.3, -0.25) is 0 Å². The van der Waals surface area contributed by atoms with Crippen molar-refractivity contribution in [3.63, 3.8) is 0 Å². The quantitative estimate of drug-likeness (QED) is 0.766. The second kappa shape index (κ2) is 6.33. The van der Waals surface area contributed by atoms with E-state index in [-0.39, 0.29) is 0 Å². The fourth-order valence-electron chi connectivity index (χ4n) is 2.86. The maximum atomic E-state index is 6.08. The molecular formula is C15H18Cl2N2O. The Morgan fingerprint density at radius 2 is 2.10 bits per heavy atom. The molecule has 1 aromatic carbocycles. The zero-order valence-corrected chi connectivity index (χ0v) is 12.8. The first kappa shape index (κ1) is 14.2. The van der Waals surface area contributed by atoms with Crippen LogP contribution in [0.3, 0.4) is 0 Å². The predicted molar refractivity (Wildman–Crippen MR) is 82.5 cm³/mol. The molecular weight excluding hydrogens is 295 g/mol. The number of hydrogen-bond donors (Lipinski definition) is 0. The van der Waals surface area contributed by atoms with E-state index >= 15 is 0 Å². The highest BCUT2D eigenvalue weighted by atomic mass is 35.5. The van der Waals surface area contributed by atoms with Crippen LogP contribution in [0.5, 0.6) is 0 Å². The molecule has 0 amide bonds. The molecule has 1 fully saturated rings. The summed E-state index contributed by atoms with van der Waals surface area (Å²) in [6.07, 6.45) is 5.41. The molecule has 0 aliphatic heterocycles. The number of fused-ring (bicyclic) bond motifs is 1. The topological polar surface area (TPSA) is 27.1 Å². The van der Waals surface area contributed by atoms with Crippen LogP contribution in [0.4, 0.5) is 0 Å². The minimum atomic E-state index is 0.399. The molecule has 1 saturated carbocycles. The van der Waals surface area contributed by atoms with Crippen molar-refractivity contribution in [1.29, 1.82) is 0 Å². The largest absolute Gasteiger partial charge is 0.376 e. The Morgan fingerprint density at radius 1 is 1.30 bits per heavy atom. The van der Waals surface area contributed by atoms with E-state index in [0.29, 0.717) is 18.6 Å². The lowest BCUT2D eigenvalue weighted by Gasteiger charge is -2.13. The Morgan fingerprint density at radius 3 is 2.85 bits per heavy atom. The molecule has 5 heteroatoms. The van der Waals surface area contributed by atoms with E-state index in [1.165, 1.54) is 25.7 Å². The zero-order valence-electron chi connectivity index (χ0n) is 11.3. The fourth-order valence-corrected chi connectivity index (χ4v) is 3.23. The van der Waals surface area contributed by atoms with Crippen LogP contribution in [0.25, 0.3) is 11.0 Å². The molecule has 0 N–H and O–H groups in total. The van der Waals surface area contributed by atoms with Gasteiger partial charge in [0.05, 0.1) is 29.6 Å². The molecule has 20 heavy (non-hydrogen) atoms. The average Bonchev–Trinajstić information content (AvgIpc) is 3.07. The summed E-state index contributed by atoms with van der Waals surface area (Å²) in [7, 11) is 0. The lowest BCUT2D eigenvalue weighted by atomic mass is 10.3. The van der Waals surface area contributed by atoms with Crippen LogP contribution < -0.4 is 0 Å². The van der Waals surface area contributed by atoms with E-state index in [1.54, 1.807) is 0 Å². The third-order valence-corrected chi connectivity index (χ3v) is 4.35. The Labute approximate surface area is 128 Å². The van der Waals surface area contributed by atoms with Gasteiger partial charge in [-0.05, 0) is 31.0 Å². The Hall–Kier alpha value is -0.770. The molecule has 1 aliphatic carbocycles. The minimum absolute atomic E-state index is 0.399. The van der Waals surface area contributed by atoms with Gasteiger partial charge in [0.2, 0.25) is 0 Å². The van der Waals surface area contributed by atoms with Gasteiger partial charge in [-0.2, -0.15) is 0 Å². The monoisotopic (exact) mass is 312 g/mol. The highest BCUT2D eigenvalue weighted by Gasteiger charge is 2.16. The van der Waals surface area contributed by atoms with Crippen LogP contribution in [-0.2, 0) is 17.2 Å². The second-order valence-electron chi connectivity index (χ2n) is 5.22. The first-order valence-electron chi connectivity index (χ1n) is 7.10. The lowest BCUT2D eigenvalue weighted by Crippen LogP contribution is -2.14. The van der Waals surface area contributed by atoms with Crippen molar-refractivity contribution >= 4 is 34.2 Å². The van der Waals surface area contributed by atoms with Gasteiger partial charge in [-0.1, -0.05) is 24.4 Å². The van der Waals surface area contributed by atoms with Crippen molar-refractivity contribution in [3.05, 3.63) is 29.0 Å². The highest BCUT2D eigenvalue weighted by molar-refractivity contribution is 6.31. The van der Waals surface area contributed by atoms with Crippen molar-refractivity contribution in [1.82, 2.24) is 9.55 Å². The van der Waals surface area contributed by atoms with Gasteiger partial charge in [-0.25, -0.2) is 4.98 Å². The molecule has 0 atom stereocenters. The van der Waals surface area contributed by atoms with Gasteiger partial charge in [0, 0.05) is 11.6 Å². The van der Waals surface area contributed by atoms with Gasteiger partial charge in [0.25, 0.3) is 0 Å². The van der Waals surface area contributed by atoms with E-state index in [4.69, 9.17) is 27.9 Å². The van der Waals surface area contributed by atoms with E-state index in [0.717, 1.165) is 28.4 Å². The third-order valence-electron chi connectivity index (χ3n) is 3.88.